The number of rotatable bonds is 6. The van der Waals surface area contributed by atoms with Gasteiger partial charge in [-0.05, 0) is 25.7 Å². The molecular weight excluding hydrogens is 212 g/mol. The van der Waals surface area contributed by atoms with Crippen molar-refractivity contribution in [3.05, 3.63) is 12.2 Å². The van der Waals surface area contributed by atoms with Crippen molar-refractivity contribution in [3.8, 4) is 0 Å². The highest BCUT2D eigenvalue weighted by atomic mass is 16.5. The molecule has 1 aliphatic carbocycles. The number of carbonyl (C=O) groups excluding carboxylic acids is 1. The number of allylic oxidation sites excluding steroid dienone is 2. The number of esters is 1. The minimum absolute atomic E-state index is 0.00226. The largest absolute Gasteiger partial charge is 0.466 e. The molecule has 98 valence electrons. The Morgan fingerprint density at radius 3 is 2.65 bits per heavy atom. The average Bonchev–Trinajstić information content (AvgIpc) is 2.36. The van der Waals surface area contributed by atoms with E-state index < -0.39 is 0 Å². The van der Waals surface area contributed by atoms with E-state index in [1.54, 1.807) is 0 Å². The quantitative estimate of drug-likeness (QED) is 0.514. The first-order valence-corrected chi connectivity index (χ1v) is 7.05. The Labute approximate surface area is 105 Å². The molecule has 0 aliphatic heterocycles. The Morgan fingerprint density at radius 2 is 2.00 bits per heavy atom. The molecule has 0 aromatic rings. The Kier molecular flexibility index (Phi) is 6.99. The van der Waals surface area contributed by atoms with Gasteiger partial charge in [0.2, 0.25) is 0 Å². The number of hydrogen-bond donors (Lipinski definition) is 0. The molecule has 2 nitrogen and oxygen atoms in total. The summed E-state index contributed by atoms with van der Waals surface area (Å²) in [6.07, 6.45) is 13.4. The second kappa shape index (κ2) is 8.32. The lowest BCUT2D eigenvalue weighted by Crippen LogP contribution is -2.13. The van der Waals surface area contributed by atoms with Crippen LogP contribution in [0.5, 0.6) is 0 Å². The van der Waals surface area contributed by atoms with Gasteiger partial charge in [0, 0.05) is 0 Å². The molecule has 17 heavy (non-hydrogen) atoms. The van der Waals surface area contributed by atoms with Gasteiger partial charge in [-0.2, -0.15) is 0 Å². The van der Waals surface area contributed by atoms with Crippen LogP contribution >= 0.6 is 0 Å². The normalized spacial score (nSPS) is 19.4. The van der Waals surface area contributed by atoms with Gasteiger partial charge in [0.15, 0.2) is 0 Å². The van der Waals surface area contributed by atoms with Gasteiger partial charge in [0.25, 0.3) is 0 Å². The molecule has 0 spiro atoms. The maximum atomic E-state index is 11.4. The summed E-state index contributed by atoms with van der Waals surface area (Å²) in [5, 5.41) is 0. The van der Waals surface area contributed by atoms with Gasteiger partial charge in [0.1, 0.15) is 0 Å². The van der Waals surface area contributed by atoms with E-state index in [1.807, 2.05) is 13.8 Å². The molecular formula is C15H26O2. The first-order valence-electron chi connectivity index (χ1n) is 7.05. The molecule has 0 radical (unpaired) electrons. The van der Waals surface area contributed by atoms with E-state index in [2.05, 4.69) is 12.2 Å². The lowest BCUT2D eigenvalue weighted by atomic mass is 9.87. The fraction of sp³-hybridized carbons (Fsp3) is 0.800. The van der Waals surface area contributed by atoms with E-state index in [0.29, 0.717) is 6.61 Å². The standard InChI is InChI=1S/C15H26O2/c1-3-17-15(16)13(2)9-7-8-12-14-10-5-4-6-11-14/h7-8,13-14H,3-6,9-12H2,1-2H3. The molecule has 0 heterocycles. The zero-order valence-electron chi connectivity index (χ0n) is 11.3. The summed E-state index contributed by atoms with van der Waals surface area (Å²) >= 11 is 0. The van der Waals surface area contributed by atoms with Crippen molar-refractivity contribution in [3.63, 3.8) is 0 Å². The lowest BCUT2D eigenvalue weighted by molar-refractivity contribution is -0.147. The van der Waals surface area contributed by atoms with Crippen LogP contribution < -0.4 is 0 Å². The molecule has 0 amide bonds. The highest BCUT2D eigenvalue weighted by molar-refractivity contribution is 5.72. The summed E-state index contributed by atoms with van der Waals surface area (Å²) in [6, 6.07) is 0. The van der Waals surface area contributed by atoms with Crippen LogP contribution in [0.3, 0.4) is 0 Å². The Balaban J connectivity index is 2.13. The van der Waals surface area contributed by atoms with Crippen LogP contribution in [0.4, 0.5) is 0 Å². The van der Waals surface area contributed by atoms with Crippen molar-refractivity contribution < 1.29 is 9.53 Å². The second-order valence-electron chi connectivity index (χ2n) is 5.10. The van der Waals surface area contributed by atoms with Gasteiger partial charge in [-0.3, -0.25) is 4.79 Å². The number of carbonyl (C=O) groups is 1. The third-order valence-electron chi connectivity index (χ3n) is 3.54. The van der Waals surface area contributed by atoms with E-state index in [9.17, 15) is 4.79 Å². The van der Waals surface area contributed by atoms with E-state index >= 15 is 0 Å². The summed E-state index contributed by atoms with van der Waals surface area (Å²) in [5.41, 5.74) is 0. The zero-order valence-corrected chi connectivity index (χ0v) is 11.3. The molecule has 0 N–H and O–H groups in total. The van der Waals surface area contributed by atoms with E-state index in [0.717, 1.165) is 12.3 Å². The van der Waals surface area contributed by atoms with E-state index in [4.69, 9.17) is 4.74 Å². The zero-order chi connectivity index (χ0) is 12.5. The summed E-state index contributed by atoms with van der Waals surface area (Å²) in [7, 11) is 0. The average molecular weight is 238 g/mol. The summed E-state index contributed by atoms with van der Waals surface area (Å²) in [4.78, 5) is 11.4. The molecule has 1 unspecified atom stereocenters. The highest BCUT2D eigenvalue weighted by Gasteiger charge is 2.13. The maximum Gasteiger partial charge on any atom is 0.308 e. The van der Waals surface area contributed by atoms with Crippen molar-refractivity contribution in [2.24, 2.45) is 11.8 Å². The first-order chi connectivity index (χ1) is 8.24. The molecule has 0 aromatic carbocycles. The molecule has 1 aliphatic rings. The Bertz CT molecular complexity index is 239. The Morgan fingerprint density at radius 1 is 1.29 bits per heavy atom. The molecule has 0 saturated heterocycles. The van der Waals surface area contributed by atoms with Crippen LogP contribution in [0.1, 0.15) is 58.8 Å². The smallest absolute Gasteiger partial charge is 0.308 e. The second-order valence-corrected chi connectivity index (χ2v) is 5.10. The van der Waals surface area contributed by atoms with Gasteiger partial charge in [-0.25, -0.2) is 0 Å². The molecule has 1 atom stereocenters. The molecule has 2 heteroatoms. The third kappa shape index (κ3) is 5.90. The molecule has 1 saturated carbocycles. The molecule has 0 bridgehead atoms. The Hall–Kier alpha value is -0.790. The fourth-order valence-corrected chi connectivity index (χ4v) is 2.39. The lowest BCUT2D eigenvalue weighted by Gasteiger charge is -2.19. The molecule has 1 rings (SSSR count). The summed E-state index contributed by atoms with van der Waals surface area (Å²) in [6.45, 7) is 4.27. The van der Waals surface area contributed by atoms with Crippen LogP contribution in [0.2, 0.25) is 0 Å². The first kappa shape index (κ1) is 14.3. The van der Waals surface area contributed by atoms with Gasteiger partial charge in [-0.1, -0.05) is 51.2 Å². The SMILES string of the molecule is CCOC(=O)C(C)CC=CCC1CCCCC1. The van der Waals surface area contributed by atoms with Crippen molar-refractivity contribution in [2.45, 2.75) is 58.8 Å². The predicted molar refractivity (Wildman–Crippen MR) is 70.7 cm³/mol. The summed E-state index contributed by atoms with van der Waals surface area (Å²) in [5.74, 6) is 0.810. The predicted octanol–water partition coefficient (Wildman–Crippen LogP) is 4.10. The number of hydrogen-bond acceptors (Lipinski definition) is 2. The van der Waals surface area contributed by atoms with E-state index in [1.165, 1.54) is 38.5 Å². The van der Waals surface area contributed by atoms with Crippen LogP contribution in [0, 0.1) is 11.8 Å². The van der Waals surface area contributed by atoms with Crippen molar-refractivity contribution in [1.82, 2.24) is 0 Å². The minimum atomic E-state index is -0.0742. The van der Waals surface area contributed by atoms with Crippen molar-refractivity contribution in [2.75, 3.05) is 6.61 Å². The monoisotopic (exact) mass is 238 g/mol. The summed E-state index contributed by atoms with van der Waals surface area (Å²) < 4.78 is 4.98. The highest BCUT2D eigenvalue weighted by Crippen LogP contribution is 2.26. The van der Waals surface area contributed by atoms with Crippen LogP contribution in [0.25, 0.3) is 0 Å². The van der Waals surface area contributed by atoms with E-state index in [-0.39, 0.29) is 11.9 Å². The van der Waals surface area contributed by atoms with Crippen LogP contribution in [-0.4, -0.2) is 12.6 Å². The van der Waals surface area contributed by atoms with Gasteiger partial charge in [0.05, 0.1) is 12.5 Å². The van der Waals surface area contributed by atoms with Gasteiger partial charge < -0.3 is 4.74 Å². The number of ether oxygens (including phenoxy) is 1. The molecule has 1 fully saturated rings. The molecule has 0 aromatic heterocycles. The maximum absolute atomic E-state index is 11.4. The topological polar surface area (TPSA) is 26.3 Å². The minimum Gasteiger partial charge on any atom is -0.466 e. The fourth-order valence-electron chi connectivity index (χ4n) is 2.39. The third-order valence-corrected chi connectivity index (χ3v) is 3.54. The van der Waals surface area contributed by atoms with Crippen LogP contribution in [0.15, 0.2) is 12.2 Å². The van der Waals surface area contributed by atoms with Gasteiger partial charge >= 0.3 is 5.97 Å². The van der Waals surface area contributed by atoms with Crippen molar-refractivity contribution >= 4 is 5.97 Å². The van der Waals surface area contributed by atoms with Gasteiger partial charge in [-0.15, -0.1) is 0 Å². The van der Waals surface area contributed by atoms with Crippen LogP contribution in [-0.2, 0) is 9.53 Å². The van der Waals surface area contributed by atoms with Crippen molar-refractivity contribution in [1.29, 1.82) is 0 Å².